The van der Waals surface area contributed by atoms with Gasteiger partial charge in [0.2, 0.25) is 0 Å². The van der Waals surface area contributed by atoms with Crippen LogP contribution in [0, 0.1) is 11.3 Å². The maximum absolute atomic E-state index is 8.55. The number of hydrogen-bond donors (Lipinski definition) is 0. The van der Waals surface area contributed by atoms with E-state index >= 15 is 0 Å². The van der Waals surface area contributed by atoms with Crippen LogP contribution in [0.4, 0.5) is 0 Å². The summed E-state index contributed by atoms with van der Waals surface area (Å²) >= 11 is 0. The van der Waals surface area contributed by atoms with E-state index in [4.69, 9.17) is 5.26 Å². The maximum atomic E-state index is 8.55. The van der Waals surface area contributed by atoms with E-state index in [0.717, 1.165) is 12.6 Å². The maximum Gasteiger partial charge on any atom is 0.0635 e. The van der Waals surface area contributed by atoms with Crippen LogP contribution in [0.2, 0.25) is 0 Å². The lowest BCUT2D eigenvalue weighted by atomic mass is 10.2. The molecule has 0 aromatic heterocycles. The van der Waals surface area contributed by atoms with Crippen LogP contribution >= 0.6 is 0 Å². The van der Waals surface area contributed by atoms with E-state index in [2.05, 4.69) is 17.9 Å². The molecule has 80 valence electrons. The Morgan fingerprint density at radius 1 is 1.21 bits per heavy atom. The summed E-state index contributed by atoms with van der Waals surface area (Å²) in [7, 11) is 0. The zero-order valence-electron chi connectivity index (χ0n) is 9.34. The summed E-state index contributed by atoms with van der Waals surface area (Å²) in [5.41, 5.74) is 0. The van der Waals surface area contributed by atoms with Crippen molar-refractivity contribution in [2.24, 2.45) is 0 Å². The first-order chi connectivity index (χ1) is 6.88. The predicted molar refractivity (Wildman–Crippen MR) is 59.0 cm³/mol. The van der Waals surface area contributed by atoms with Crippen molar-refractivity contribution in [2.45, 2.75) is 57.9 Å². The van der Waals surface area contributed by atoms with Crippen molar-refractivity contribution in [3.8, 4) is 6.07 Å². The highest BCUT2D eigenvalue weighted by Gasteiger charge is 2.27. The van der Waals surface area contributed by atoms with Crippen LogP contribution in [-0.4, -0.2) is 24.0 Å². The molecule has 1 aliphatic carbocycles. The third kappa shape index (κ3) is 4.62. The lowest BCUT2D eigenvalue weighted by molar-refractivity contribution is 0.263. The van der Waals surface area contributed by atoms with Gasteiger partial charge >= 0.3 is 0 Å². The lowest BCUT2D eigenvalue weighted by Gasteiger charge is -2.20. The normalized spacial score (nSPS) is 15.8. The molecule has 1 rings (SSSR count). The Bertz CT molecular complexity index is 179. The zero-order valence-corrected chi connectivity index (χ0v) is 9.34. The van der Waals surface area contributed by atoms with Gasteiger partial charge in [-0.25, -0.2) is 0 Å². The van der Waals surface area contributed by atoms with Crippen molar-refractivity contribution in [1.29, 1.82) is 5.26 Å². The minimum absolute atomic E-state index is 0.699. The second-order valence-corrected chi connectivity index (χ2v) is 4.24. The van der Waals surface area contributed by atoms with Crippen LogP contribution in [0.25, 0.3) is 0 Å². The molecule has 1 saturated carbocycles. The molecular formula is C12H22N2. The molecule has 0 unspecified atom stereocenters. The van der Waals surface area contributed by atoms with E-state index < -0.39 is 0 Å². The van der Waals surface area contributed by atoms with Crippen molar-refractivity contribution in [3.05, 3.63) is 0 Å². The Balaban J connectivity index is 2.06. The van der Waals surface area contributed by atoms with Gasteiger partial charge < -0.3 is 0 Å². The molecule has 0 N–H and O–H groups in total. The number of unbranched alkanes of at least 4 members (excludes halogenated alkanes) is 3. The van der Waals surface area contributed by atoms with Gasteiger partial charge in [-0.15, -0.1) is 0 Å². The van der Waals surface area contributed by atoms with Gasteiger partial charge in [0.1, 0.15) is 0 Å². The van der Waals surface area contributed by atoms with Crippen molar-refractivity contribution < 1.29 is 0 Å². The first-order valence-electron chi connectivity index (χ1n) is 5.99. The fourth-order valence-electron chi connectivity index (χ4n) is 1.85. The van der Waals surface area contributed by atoms with Gasteiger partial charge in [0, 0.05) is 19.0 Å². The van der Waals surface area contributed by atoms with Crippen LogP contribution in [0.1, 0.15) is 51.9 Å². The first kappa shape index (κ1) is 11.5. The van der Waals surface area contributed by atoms with Crippen LogP contribution in [0.15, 0.2) is 0 Å². The molecule has 0 spiro atoms. The van der Waals surface area contributed by atoms with E-state index in [1.165, 1.54) is 45.1 Å². The van der Waals surface area contributed by atoms with E-state index in [-0.39, 0.29) is 0 Å². The standard InChI is InChI=1S/C12H22N2/c1-2-3-4-5-10-14(11-6-9-13)12-7-8-12/h12H,2-8,10-11H2,1H3. The van der Waals surface area contributed by atoms with Gasteiger partial charge in [0.05, 0.1) is 6.07 Å². The third-order valence-corrected chi connectivity index (χ3v) is 2.87. The Kier molecular flexibility index (Phi) is 5.63. The molecule has 1 fully saturated rings. The average molecular weight is 194 g/mol. The Labute approximate surface area is 87.9 Å². The van der Waals surface area contributed by atoms with Crippen LogP contribution in [0.3, 0.4) is 0 Å². The zero-order chi connectivity index (χ0) is 10.2. The fraction of sp³-hybridized carbons (Fsp3) is 0.917. The van der Waals surface area contributed by atoms with E-state index in [1.54, 1.807) is 0 Å². The number of nitriles is 1. The van der Waals surface area contributed by atoms with E-state index in [0.29, 0.717) is 6.42 Å². The summed E-state index contributed by atoms with van der Waals surface area (Å²) in [6.07, 6.45) is 8.75. The molecule has 0 aromatic carbocycles. The molecule has 1 aliphatic rings. The minimum Gasteiger partial charge on any atom is -0.299 e. The van der Waals surface area contributed by atoms with Gasteiger partial charge in [0.15, 0.2) is 0 Å². The van der Waals surface area contributed by atoms with Crippen molar-refractivity contribution in [2.75, 3.05) is 13.1 Å². The Morgan fingerprint density at radius 3 is 2.57 bits per heavy atom. The van der Waals surface area contributed by atoms with Gasteiger partial charge in [-0.1, -0.05) is 26.2 Å². The van der Waals surface area contributed by atoms with Gasteiger partial charge in [-0.05, 0) is 25.8 Å². The molecule has 0 heterocycles. The molecule has 0 amide bonds. The second kappa shape index (κ2) is 6.84. The summed E-state index contributed by atoms with van der Waals surface area (Å²) in [5, 5.41) is 8.55. The molecule has 0 saturated heterocycles. The highest BCUT2D eigenvalue weighted by atomic mass is 15.2. The van der Waals surface area contributed by atoms with Gasteiger partial charge in [0.25, 0.3) is 0 Å². The Morgan fingerprint density at radius 2 is 2.00 bits per heavy atom. The number of nitrogens with zero attached hydrogens (tertiary/aromatic N) is 2. The quantitative estimate of drug-likeness (QED) is 0.555. The van der Waals surface area contributed by atoms with Crippen LogP contribution in [-0.2, 0) is 0 Å². The SMILES string of the molecule is CCCCCCN(CCC#N)C1CC1. The molecular weight excluding hydrogens is 172 g/mol. The molecule has 0 aliphatic heterocycles. The summed E-state index contributed by atoms with van der Waals surface area (Å²) in [4.78, 5) is 2.51. The van der Waals surface area contributed by atoms with E-state index in [1.807, 2.05) is 0 Å². The minimum atomic E-state index is 0.699. The molecule has 0 radical (unpaired) electrons. The van der Waals surface area contributed by atoms with Crippen LogP contribution in [0.5, 0.6) is 0 Å². The molecule has 0 aromatic rings. The third-order valence-electron chi connectivity index (χ3n) is 2.87. The molecule has 0 bridgehead atoms. The molecule has 2 nitrogen and oxygen atoms in total. The first-order valence-corrected chi connectivity index (χ1v) is 5.99. The van der Waals surface area contributed by atoms with Crippen molar-refractivity contribution >= 4 is 0 Å². The number of hydrogen-bond acceptors (Lipinski definition) is 2. The monoisotopic (exact) mass is 194 g/mol. The highest BCUT2D eigenvalue weighted by Crippen LogP contribution is 2.27. The van der Waals surface area contributed by atoms with Crippen molar-refractivity contribution in [1.82, 2.24) is 4.90 Å². The smallest absolute Gasteiger partial charge is 0.0635 e. The topological polar surface area (TPSA) is 27.0 Å². The molecule has 14 heavy (non-hydrogen) atoms. The summed E-state index contributed by atoms with van der Waals surface area (Å²) in [6.45, 7) is 4.45. The predicted octanol–water partition coefficient (Wildman–Crippen LogP) is 2.94. The van der Waals surface area contributed by atoms with E-state index in [9.17, 15) is 0 Å². The summed E-state index contributed by atoms with van der Waals surface area (Å²) in [6, 6.07) is 3.06. The fourth-order valence-corrected chi connectivity index (χ4v) is 1.85. The summed E-state index contributed by atoms with van der Waals surface area (Å²) < 4.78 is 0. The van der Waals surface area contributed by atoms with Gasteiger partial charge in [-0.3, -0.25) is 4.90 Å². The largest absolute Gasteiger partial charge is 0.299 e. The second-order valence-electron chi connectivity index (χ2n) is 4.24. The highest BCUT2D eigenvalue weighted by molar-refractivity contribution is 4.86. The van der Waals surface area contributed by atoms with Gasteiger partial charge in [-0.2, -0.15) is 5.26 Å². The molecule has 0 atom stereocenters. The molecule has 2 heteroatoms. The Hall–Kier alpha value is -0.550. The number of rotatable bonds is 8. The lowest BCUT2D eigenvalue weighted by Crippen LogP contribution is -2.28. The van der Waals surface area contributed by atoms with Crippen LogP contribution < -0.4 is 0 Å². The van der Waals surface area contributed by atoms with Crippen molar-refractivity contribution in [3.63, 3.8) is 0 Å². The average Bonchev–Trinajstić information content (AvgIpc) is 3.00. The summed E-state index contributed by atoms with van der Waals surface area (Å²) in [5.74, 6) is 0.